The quantitative estimate of drug-likeness (QED) is 0.192. The number of piperidine rings is 1. The number of likely N-dealkylation sites (tertiary alicyclic amines) is 1. The molecule has 7 nitrogen and oxygen atoms in total. The lowest BCUT2D eigenvalue weighted by atomic mass is 9.78. The summed E-state index contributed by atoms with van der Waals surface area (Å²) in [4.78, 5) is 41.2. The van der Waals surface area contributed by atoms with E-state index in [1.165, 1.54) is 37.1 Å². The lowest BCUT2D eigenvalue weighted by Crippen LogP contribution is -2.58. The summed E-state index contributed by atoms with van der Waals surface area (Å²) in [5.41, 5.74) is -2.99. The van der Waals surface area contributed by atoms with Crippen molar-refractivity contribution in [2.75, 3.05) is 13.6 Å². The molecule has 1 heterocycles. The number of alkyl carbamates (subject to hydrolysis) is 1. The summed E-state index contributed by atoms with van der Waals surface area (Å²) in [6.07, 6.45) is -10.5. The Labute approximate surface area is 272 Å². The molecule has 3 aromatic carbocycles. The van der Waals surface area contributed by atoms with Crippen LogP contribution in [0, 0.1) is 12.7 Å². The molecule has 1 fully saturated rings. The third-order valence-corrected chi connectivity index (χ3v) is 8.66. The number of rotatable bonds is 8. The second-order valence-electron chi connectivity index (χ2n) is 11.9. The molecular weight excluding hydrogens is 647 g/mol. The first-order valence-corrected chi connectivity index (χ1v) is 15.0. The Kier molecular flexibility index (Phi) is 10.7. The van der Waals surface area contributed by atoms with Crippen LogP contribution in [0.25, 0.3) is 0 Å². The van der Waals surface area contributed by atoms with Crippen LogP contribution in [-0.4, -0.2) is 47.3 Å². The van der Waals surface area contributed by atoms with Crippen LogP contribution in [0.1, 0.15) is 71.7 Å². The third-order valence-electron chi connectivity index (χ3n) is 8.66. The van der Waals surface area contributed by atoms with Crippen LogP contribution in [0.5, 0.6) is 0 Å². The van der Waals surface area contributed by atoms with Gasteiger partial charge in [-0.15, -0.1) is 0 Å². The first-order valence-electron chi connectivity index (χ1n) is 15.0. The van der Waals surface area contributed by atoms with Crippen molar-refractivity contribution in [3.63, 3.8) is 0 Å². The summed E-state index contributed by atoms with van der Waals surface area (Å²) in [7, 11) is 1.25. The lowest BCUT2D eigenvalue weighted by molar-refractivity contribution is -0.143. The number of aldehydes is 1. The molecule has 1 aliphatic rings. The summed E-state index contributed by atoms with van der Waals surface area (Å²) in [5, 5.41) is 2.78. The lowest BCUT2D eigenvalue weighted by Gasteiger charge is -2.48. The summed E-state index contributed by atoms with van der Waals surface area (Å²) in [6.45, 7) is 2.77. The van der Waals surface area contributed by atoms with Crippen LogP contribution < -0.4 is 5.32 Å². The molecule has 0 spiro atoms. The maximum Gasteiger partial charge on any atom is 0.416 e. The van der Waals surface area contributed by atoms with Gasteiger partial charge in [-0.05, 0) is 79.3 Å². The number of carbonyl (C=O) groups is 3. The molecule has 48 heavy (non-hydrogen) atoms. The average molecular weight is 682 g/mol. The van der Waals surface area contributed by atoms with E-state index in [2.05, 4.69) is 5.32 Å². The van der Waals surface area contributed by atoms with Gasteiger partial charge in [0.2, 0.25) is 0 Å². The molecular formula is C34H34F7N3O4. The Morgan fingerprint density at radius 1 is 1.02 bits per heavy atom. The van der Waals surface area contributed by atoms with Gasteiger partial charge in [0.05, 0.1) is 28.7 Å². The smallest absolute Gasteiger partial charge is 0.416 e. The standard InChI is InChI=1S/C34H34F7N3O4/c1-21-15-27(35)9-10-28(21)29-19-32(12-14-45,42-30(46)48-20-23-7-5-4-6-8-23)11-13-44(29)31(47)43(3)22(2)24-16-25(33(36,37)38)18-26(17-24)34(39,40)41/h4-10,14-18,22,29H,11-13,19-20H2,1-3H3,(H,42,46)/t22-,29-,32-/m1/s1. The topological polar surface area (TPSA) is 79.0 Å². The molecule has 0 saturated carbocycles. The fraction of sp³-hybridized carbons (Fsp3) is 0.382. The summed E-state index contributed by atoms with van der Waals surface area (Å²) < 4.78 is 101. The third kappa shape index (κ3) is 8.45. The highest BCUT2D eigenvalue weighted by atomic mass is 19.4. The minimum atomic E-state index is -5.08. The zero-order valence-electron chi connectivity index (χ0n) is 26.3. The van der Waals surface area contributed by atoms with Crippen molar-refractivity contribution in [3.05, 3.63) is 106 Å². The first kappa shape index (κ1) is 36.2. The van der Waals surface area contributed by atoms with E-state index in [9.17, 15) is 45.1 Å². The van der Waals surface area contributed by atoms with Gasteiger partial charge < -0.3 is 24.6 Å². The molecule has 0 unspecified atom stereocenters. The SMILES string of the molecule is Cc1cc(F)ccc1[C@H]1C[C@@](CC=O)(NC(=O)OCc2ccccc2)CCN1C(=O)N(C)[C@H](C)c1cc(C(F)(F)F)cc(C(F)(F)F)c1. The van der Waals surface area contributed by atoms with Crippen LogP contribution in [0.4, 0.5) is 40.3 Å². The monoisotopic (exact) mass is 681 g/mol. The normalized spacial score (nSPS) is 19.0. The molecule has 3 aromatic rings. The van der Waals surface area contributed by atoms with E-state index in [0.29, 0.717) is 29.5 Å². The molecule has 0 aromatic heterocycles. The van der Waals surface area contributed by atoms with Crippen molar-refractivity contribution >= 4 is 18.4 Å². The van der Waals surface area contributed by atoms with Crippen molar-refractivity contribution in [1.82, 2.24) is 15.1 Å². The molecule has 1 N–H and O–H groups in total. The van der Waals surface area contributed by atoms with E-state index in [1.54, 1.807) is 37.3 Å². The van der Waals surface area contributed by atoms with Crippen LogP contribution in [0.3, 0.4) is 0 Å². The zero-order chi connectivity index (χ0) is 35.4. The second-order valence-corrected chi connectivity index (χ2v) is 11.9. The van der Waals surface area contributed by atoms with Crippen molar-refractivity contribution in [2.24, 2.45) is 0 Å². The number of hydrogen-bond donors (Lipinski definition) is 1. The van der Waals surface area contributed by atoms with Gasteiger partial charge in [-0.3, -0.25) is 0 Å². The second kappa shape index (κ2) is 14.2. The molecule has 3 atom stereocenters. The van der Waals surface area contributed by atoms with E-state index in [-0.39, 0.29) is 38.5 Å². The number of amides is 3. The van der Waals surface area contributed by atoms with E-state index in [0.717, 1.165) is 10.5 Å². The Balaban J connectivity index is 1.65. The van der Waals surface area contributed by atoms with E-state index in [4.69, 9.17) is 4.74 Å². The number of nitrogens with one attached hydrogen (secondary N) is 1. The molecule has 0 bridgehead atoms. The van der Waals surface area contributed by atoms with Gasteiger partial charge in [0.15, 0.2) is 0 Å². The van der Waals surface area contributed by atoms with Crippen LogP contribution in [0.2, 0.25) is 0 Å². The van der Waals surface area contributed by atoms with Gasteiger partial charge >= 0.3 is 24.5 Å². The van der Waals surface area contributed by atoms with E-state index in [1.807, 2.05) is 0 Å². The number of nitrogens with zero attached hydrogens (tertiary/aromatic N) is 2. The van der Waals surface area contributed by atoms with Gasteiger partial charge in [0.25, 0.3) is 0 Å². The number of aryl methyl sites for hydroxylation is 1. The average Bonchev–Trinajstić information content (AvgIpc) is 3.02. The predicted molar refractivity (Wildman–Crippen MR) is 161 cm³/mol. The van der Waals surface area contributed by atoms with Crippen molar-refractivity contribution in [2.45, 2.75) is 69.7 Å². The van der Waals surface area contributed by atoms with Gasteiger partial charge in [-0.2, -0.15) is 26.3 Å². The zero-order valence-corrected chi connectivity index (χ0v) is 26.3. The molecule has 0 radical (unpaired) electrons. The molecule has 1 saturated heterocycles. The number of urea groups is 1. The summed E-state index contributed by atoms with van der Waals surface area (Å²) >= 11 is 0. The molecule has 4 rings (SSSR count). The Bertz CT molecular complexity index is 1600. The number of hydrogen-bond acceptors (Lipinski definition) is 4. The molecule has 0 aliphatic carbocycles. The van der Waals surface area contributed by atoms with Gasteiger partial charge in [0, 0.05) is 20.0 Å². The maximum atomic E-state index is 14.1. The van der Waals surface area contributed by atoms with Crippen LogP contribution in [-0.2, 0) is 28.5 Å². The van der Waals surface area contributed by atoms with Gasteiger partial charge in [0.1, 0.15) is 18.7 Å². The van der Waals surface area contributed by atoms with Gasteiger partial charge in [-0.25, -0.2) is 14.0 Å². The van der Waals surface area contributed by atoms with Crippen LogP contribution in [0.15, 0.2) is 66.7 Å². The summed E-state index contributed by atoms with van der Waals surface area (Å²) in [5.74, 6) is -0.553. The van der Waals surface area contributed by atoms with Gasteiger partial charge in [-0.1, -0.05) is 36.4 Å². The van der Waals surface area contributed by atoms with Crippen molar-refractivity contribution in [1.29, 1.82) is 0 Å². The van der Waals surface area contributed by atoms with Crippen molar-refractivity contribution < 1.29 is 49.9 Å². The highest BCUT2D eigenvalue weighted by Gasteiger charge is 2.45. The largest absolute Gasteiger partial charge is 0.445 e. The van der Waals surface area contributed by atoms with E-state index < -0.39 is 64.6 Å². The fourth-order valence-electron chi connectivity index (χ4n) is 5.89. The molecule has 258 valence electrons. The minimum Gasteiger partial charge on any atom is -0.445 e. The number of carbonyl (C=O) groups excluding carboxylic acids is 3. The Morgan fingerprint density at radius 2 is 1.65 bits per heavy atom. The van der Waals surface area contributed by atoms with E-state index >= 15 is 0 Å². The van der Waals surface area contributed by atoms with Crippen LogP contribution >= 0.6 is 0 Å². The Hall–Kier alpha value is -4.62. The highest BCUT2D eigenvalue weighted by Crippen LogP contribution is 2.42. The molecule has 3 amide bonds. The minimum absolute atomic E-state index is 0.0144. The van der Waals surface area contributed by atoms with Crippen molar-refractivity contribution in [3.8, 4) is 0 Å². The fourth-order valence-corrected chi connectivity index (χ4v) is 5.89. The predicted octanol–water partition coefficient (Wildman–Crippen LogP) is 8.38. The molecule has 14 heteroatoms. The first-order chi connectivity index (χ1) is 22.4. The molecule has 1 aliphatic heterocycles. The summed E-state index contributed by atoms with van der Waals surface area (Å²) in [6, 6.07) is 11.0. The number of halogens is 7. The Morgan fingerprint density at radius 3 is 2.21 bits per heavy atom. The number of benzene rings is 3. The highest BCUT2D eigenvalue weighted by molar-refractivity contribution is 5.76. The number of ether oxygens (including phenoxy) is 1. The number of alkyl halides is 6. The maximum absolute atomic E-state index is 14.1.